The van der Waals surface area contributed by atoms with E-state index >= 15 is 0 Å². The summed E-state index contributed by atoms with van der Waals surface area (Å²) in [4.78, 5) is 14.9. The van der Waals surface area contributed by atoms with Crippen molar-refractivity contribution in [1.29, 1.82) is 0 Å². The van der Waals surface area contributed by atoms with Crippen LogP contribution in [0.25, 0.3) is 0 Å². The van der Waals surface area contributed by atoms with E-state index < -0.39 is 37.2 Å². The number of anilines is 1. The Bertz CT molecular complexity index is 523. The number of nitrogen functional groups attached to an aromatic ring is 1. The molecule has 112 valence electrons. The number of alkyl halides is 2. The molecule has 0 aliphatic carbocycles. The maximum absolute atomic E-state index is 13.2. The van der Waals surface area contributed by atoms with E-state index in [9.17, 15) is 13.6 Å². The van der Waals surface area contributed by atoms with Crippen molar-refractivity contribution in [3.05, 3.63) is 35.4 Å². The first-order valence-corrected chi connectivity index (χ1v) is 5.55. The number of hydrogen-bond acceptors (Lipinski definition) is 6. The molecule has 0 amide bonds. The third kappa shape index (κ3) is 3.18. The van der Waals surface area contributed by atoms with Gasteiger partial charge in [0.1, 0.15) is 12.5 Å². The summed E-state index contributed by atoms with van der Waals surface area (Å²) in [5.41, 5.74) is 2.11. The monoisotopic (exact) mass is 291 g/mol. The molecule has 0 saturated carbocycles. The molecule has 1 aromatic heterocycles. The molecule has 0 spiro atoms. The van der Waals surface area contributed by atoms with Crippen LogP contribution in [-0.4, -0.2) is 45.0 Å². The molecule has 3 atom stereocenters. The Hall–Kier alpha value is -1.84. The van der Waals surface area contributed by atoms with Gasteiger partial charge in [0, 0.05) is 6.20 Å². The molecule has 0 aliphatic heterocycles. The predicted molar refractivity (Wildman–Crippen MR) is 66.1 cm³/mol. The van der Waals surface area contributed by atoms with Gasteiger partial charge in [-0.25, -0.2) is 13.6 Å². The highest BCUT2D eigenvalue weighted by atomic mass is 19.1. The molecular weight excluding hydrogens is 276 g/mol. The number of rotatable bonds is 7. The second-order valence-electron chi connectivity index (χ2n) is 3.92. The summed E-state index contributed by atoms with van der Waals surface area (Å²) in [5.74, 6) is -0.0773. The van der Waals surface area contributed by atoms with Crippen molar-refractivity contribution in [2.75, 3.05) is 19.0 Å². The van der Waals surface area contributed by atoms with Crippen LogP contribution in [0.4, 0.5) is 14.6 Å². The predicted octanol–water partition coefficient (Wildman–Crippen LogP) is -0.485. The Morgan fingerprint density at radius 1 is 1.70 bits per heavy atom. The van der Waals surface area contributed by atoms with Gasteiger partial charge < -0.3 is 20.7 Å². The van der Waals surface area contributed by atoms with Crippen molar-refractivity contribution in [3.8, 4) is 0 Å². The second kappa shape index (κ2) is 6.55. The molecule has 0 fully saturated rings. The van der Waals surface area contributed by atoms with Crippen LogP contribution in [0.1, 0.15) is 6.23 Å². The number of ether oxygens (including phenoxy) is 1. The lowest BCUT2D eigenvalue weighted by Crippen LogP contribution is -2.47. The van der Waals surface area contributed by atoms with Crippen LogP contribution in [-0.2, 0) is 4.74 Å². The van der Waals surface area contributed by atoms with Crippen LogP contribution in [0.3, 0.4) is 0 Å². The molecule has 7 nitrogen and oxygen atoms in total. The lowest BCUT2D eigenvalue weighted by atomic mass is 10.1. The largest absolute Gasteiger partial charge is 0.393 e. The summed E-state index contributed by atoms with van der Waals surface area (Å²) in [6.07, 6.45) is -2.37. The van der Waals surface area contributed by atoms with Crippen molar-refractivity contribution >= 4 is 5.82 Å². The first kappa shape index (κ1) is 16.2. The Balaban J connectivity index is 3.13. The van der Waals surface area contributed by atoms with Gasteiger partial charge in [-0.15, -0.1) is 0 Å². The van der Waals surface area contributed by atoms with Gasteiger partial charge in [0.05, 0.1) is 6.61 Å². The van der Waals surface area contributed by atoms with E-state index in [4.69, 9.17) is 20.7 Å². The zero-order valence-electron chi connectivity index (χ0n) is 10.4. The minimum Gasteiger partial charge on any atom is -0.393 e. The van der Waals surface area contributed by atoms with Gasteiger partial charge in [-0.3, -0.25) is 4.57 Å². The maximum Gasteiger partial charge on any atom is 0.351 e. The van der Waals surface area contributed by atoms with Crippen LogP contribution in [0, 0.1) is 0 Å². The van der Waals surface area contributed by atoms with E-state index in [0.29, 0.717) is 4.57 Å². The molecule has 0 bridgehead atoms. The van der Waals surface area contributed by atoms with E-state index in [1.54, 1.807) is 0 Å². The molecule has 1 rings (SSSR count). The van der Waals surface area contributed by atoms with E-state index in [0.717, 1.165) is 12.3 Å². The van der Waals surface area contributed by atoms with E-state index in [1.165, 1.54) is 6.07 Å². The number of aliphatic hydroxyl groups excluding tert-OH is 2. The van der Waals surface area contributed by atoms with Gasteiger partial charge >= 0.3 is 5.69 Å². The highest BCUT2D eigenvalue weighted by Gasteiger charge is 2.39. The van der Waals surface area contributed by atoms with Crippen LogP contribution in [0.5, 0.6) is 0 Å². The SMILES string of the molecule is C=C[C@](CO)(O[C@H](CF)n1ccc(N)nc1=O)[C@@H](O)F. The van der Waals surface area contributed by atoms with E-state index in [1.807, 2.05) is 0 Å². The number of halogens is 2. The summed E-state index contributed by atoms with van der Waals surface area (Å²) in [6.45, 7) is 0.986. The fraction of sp³-hybridized carbons (Fsp3) is 0.455. The number of aliphatic hydroxyl groups is 2. The maximum atomic E-state index is 13.2. The Kier molecular flexibility index (Phi) is 5.31. The normalized spacial score (nSPS) is 17.2. The molecule has 4 N–H and O–H groups in total. The highest BCUT2D eigenvalue weighted by molar-refractivity contribution is 5.23. The highest BCUT2D eigenvalue weighted by Crippen LogP contribution is 2.25. The zero-order valence-corrected chi connectivity index (χ0v) is 10.4. The van der Waals surface area contributed by atoms with Crippen LogP contribution >= 0.6 is 0 Å². The lowest BCUT2D eigenvalue weighted by molar-refractivity contribution is -0.208. The molecule has 0 aromatic carbocycles. The fourth-order valence-electron chi connectivity index (χ4n) is 1.44. The minimum absolute atomic E-state index is 0.0773. The molecule has 0 radical (unpaired) electrons. The summed E-state index contributed by atoms with van der Waals surface area (Å²) < 4.78 is 31.9. The fourth-order valence-corrected chi connectivity index (χ4v) is 1.44. The quantitative estimate of drug-likeness (QED) is 0.585. The summed E-state index contributed by atoms with van der Waals surface area (Å²) in [5, 5.41) is 18.1. The average Bonchev–Trinajstić information content (AvgIpc) is 2.41. The lowest BCUT2D eigenvalue weighted by Gasteiger charge is -2.32. The van der Waals surface area contributed by atoms with Gasteiger partial charge in [-0.1, -0.05) is 12.7 Å². The van der Waals surface area contributed by atoms with E-state index in [-0.39, 0.29) is 5.82 Å². The number of nitrogens with two attached hydrogens (primary N) is 1. The van der Waals surface area contributed by atoms with Crippen molar-refractivity contribution in [2.45, 2.75) is 18.2 Å². The van der Waals surface area contributed by atoms with Gasteiger partial charge in [-0.2, -0.15) is 4.98 Å². The molecule has 1 aromatic rings. The van der Waals surface area contributed by atoms with Gasteiger partial charge in [0.25, 0.3) is 0 Å². The smallest absolute Gasteiger partial charge is 0.351 e. The number of aromatic nitrogens is 2. The van der Waals surface area contributed by atoms with E-state index in [2.05, 4.69) is 11.6 Å². The molecule has 9 heteroatoms. The Morgan fingerprint density at radius 2 is 2.35 bits per heavy atom. The van der Waals surface area contributed by atoms with Crippen LogP contribution in [0.2, 0.25) is 0 Å². The third-order valence-electron chi connectivity index (χ3n) is 2.65. The number of hydrogen-bond donors (Lipinski definition) is 3. The molecule has 0 unspecified atom stereocenters. The standard InChI is InChI=1S/C11H15F2N3O4/c1-2-11(6-17,9(13)18)20-8(5-12)16-4-3-7(14)15-10(16)19/h2-4,8-9,17-18H,1,5-6H2,(H2,14,15,19)/t8-,9-,11-/m1/s1. The topological polar surface area (TPSA) is 111 Å². The summed E-state index contributed by atoms with van der Waals surface area (Å²) in [7, 11) is 0. The zero-order chi connectivity index (χ0) is 15.3. The Labute approximate surface area is 112 Å². The molecule has 0 saturated heterocycles. The summed E-state index contributed by atoms with van der Waals surface area (Å²) >= 11 is 0. The van der Waals surface area contributed by atoms with Crippen LogP contribution in [0.15, 0.2) is 29.7 Å². The Morgan fingerprint density at radius 3 is 2.75 bits per heavy atom. The van der Waals surface area contributed by atoms with Gasteiger partial charge in [-0.05, 0) is 6.07 Å². The molecular formula is C11H15F2N3O4. The van der Waals surface area contributed by atoms with Crippen molar-refractivity contribution in [1.82, 2.24) is 9.55 Å². The third-order valence-corrected chi connectivity index (χ3v) is 2.65. The molecule has 0 aliphatic rings. The summed E-state index contributed by atoms with van der Waals surface area (Å²) in [6, 6.07) is 1.22. The van der Waals surface area contributed by atoms with Crippen molar-refractivity contribution in [2.24, 2.45) is 0 Å². The molecule has 20 heavy (non-hydrogen) atoms. The van der Waals surface area contributed by atoms with Crippen LogP contribution < -0.4 is 11.4 Å². The average molecular weight is 291 g/mol. The second-order valence-corrected chi connectivity index (χ2v) is 3.92. The van der Waals surface area contributed by atoms with Gasteiger partial charge in [0.2, 0.25) is 6.36 Å². The molecule has 1 heterocycles. The minimum atomic E-state index is -2.66. The van der Waals surface area contributed by atoms with Gasteiger partial charge in [0.15, 0.2) is 11.8 Å². The first-order valence-electron chi connectivity index (χ1n) is 5.55. The number of nitrogens with zero attached hydrogens (tertiary/aromatic N) is 2. The first-order chi connectivity index (χ1) is 9.40. The van der Waals surface area contributed by atoms with Crippen molar-refractivity contribution < 1.29 is 23.7 Å². The van der Waals surface area contributed by atoms with Crippen molar-refractivity contribution in [3.63, 3.8) is 0 Å².